The Hall–Kier alpha value is -2.07. The predicted octanol–water partition coefficient (Wildman–Crippen LogP) is 4.53. The topological polar surface area (TPSA) is 103 Å². The average molecular weight is 495 g/mol. The largest absolute Gasteiger partial charge is 0.358 e. The van der Waals surface area contributed by atoms with Crippen molar-refractivity contribution in [1.82, 2.24) is 10.3 Å². The van der Waals surface area contributed by atoms with Crippen LogP contribution in [0.5, 0.6) is 0 Å². The summed E-state index contributed by atoms with van der Waals surface area (Å²) in [7, 11) is -6.48. The maximum Gasteiger partial charge on any atom is 0.261 e. The number of aromatic amines is 1. The van der Waals surface area contributed by atoms with E-state index in [0.717, 1.165) is 36.9 Å². The van der Waals surface area contributed by atoms with E-state index >= 15 is 0 Å². The number of piperidine rings is 1. The molecule has 0 radical (unpaired) electrons. The number of fused-ring (bicyclic) bond motifs is 1. The Balaban J connectivity index is 1.66. The number of anilines is 1. The summed E-state index contributed by atoms with van der Waals surface area (Å²) in [5.41, 5.74) is 2.00. The van der Waals surface area contributed by atoms with E-state index in [1.165, 1.54) is 12.1 Å². The molecule has 32 heavy (non-hydrogen) atoms. The number of H-pyrrole nitrogens is 1. The van der Waals surface area contributed by atoms with Crippen molar-refractivity contribution in [1.29, 1.82) is 0 Å². The lowest BCUT2D eigenvalue weighted by molar-refractivity contribution is 0.516. The minimum absolute atomic E-state index is 0.0391. The van der Waals surface area contributed by atoms with Gasteiger partial charge in [0.1, 0.15) is 0 Å². The third kappa shape index (κ3) is 4.26. The van der Waals surface area contributed by atoms with Crippen LogP contribution in [-0.4, -0.2) is 42.5 Å². The van der Waals surface area contributed by atoms with Crippen molar-refractivity contribution in [3.63, 3.8) is 0 Å². The third-order valence-corrected chi connectivity index (χ3v) is 10.4. The fourth-order valence-corrected chi connectivity index (χ4v) is 8.05. The van der Waals surface area contributed by atoms with Crippen molar-refractivity contribution in [2.75, 3.05) is 24.4 Å². The number of sulfonamides is 1. The van der Waals surface area contributed by atoms with Crippen LogP contribution in [0.4, 0.5) is 5.69 Å². The zero-order chi connectivity index (χ0) is 22.9. The van der Waals surface area contributed by atoms with Gasteiger partial charge in [0.2, 0.25) is 0 Å². The molecule has 0 aliphatic carbocycles. The number of hydrogen-bond acceptors (Lipinski definition) is 5. The lowest BCUT2D eigenvalue weighted by atomic mass is 10.1. The van der Waals surface area contributed by atoms with Crippen LogP contribution in [0, 0.1) is 6.92 Å². The molecule has 1 unspecified atom stereocenters. The van der Waals surface area contributed by atoms with Gasteiger partial charge in [0, 0.05) is 28.3 Å². The van der Waals surface area contributed by atoms with Crippen LogP contribution in [-0.2, 0) is 19.8 Å². The number of halogens is 1. The number of hydrogen-bond donors (Lipinski definition) is 3. The van der Waals surface area contributed by atoms with Crippen LogP contribution in [0.25, 0.3) is 10.9 Å². The Bertz CT molecular complexity index is 1350. The van der Waals surface area contributed by atoms with E-state index in [-0.39, 0.29) is 10.1 Å². The summed E-state index contributed by atoms with van der Waals surface area (Å²) in [5, 5.41) is 4.57. The molecule has 1 aliphatic rings. The van der Waals surface area contributed by atoms with Gasteiger partial charge in [-0.15, -0.1) is 0 Å². The summed E-state index contributed by atoms with van der Waals surface area (Å²) in [6.07, 6.45) is 3.21. The van der Waals surface area contributed by atoms with Crippen LogP contribution in [0.15, 0.2) is 56.7 Å². The van der Waals surface area contributed by atoms with Crippen LogP contribution in [0.2, 0.25) is 5.02 Å². The van der Waals surface area contributed by atoms with Crippen molar-refractivity contribution in [3.05, 3.63) is 53.2 Å². The molecule has 0 bridgehead atoms. The maximum absolute atomic E-state index is 13.8. The summed E-state index contributed by atoms with van der Waals surface area (Å²) < 4.78 is 47.0. The first-order valence-electron chi connectivity index (χ1n) is 10.6. The molecule has 1 atom stereocenters. The molecule has 10 heteroatoms. The normalized spacial score (nSPS) is 17.2. The predicted molar refractivity (Wildman–Crippen MR) is 131 cm³/mol. The van der Waals surface area contributed by atoms with Crippen molar-refractivity contribution < 1.29 is 12.6 Å². The highest BCUT2D eigenvalue weighted by Gasteiger charge is 2.27. The highest BCUT2D eigenvalue weighted by atomic mass is 35.5. The zero-order valence-electron chi connectivity index (χ0n) is 18.0. The Kier molecular flexibility index (Phi) is 6.53. The minimum Gasteiger partial charge on any atom is -0.358 e. The van der Waals surface area contributed by atoms with Crippen molar-refractivity contribution >= 4 is 47.9 Å². The molecular weight excluding hydrogens is 468 g/mol. The van der Waals surface area contributed by atoms with E-state index < -0.39 is 19.8 Å². The van der Waals surface area contributed by atoms with Crippen molar-refractivity contribution in [2.45, 2.75) is 41.7 Å². The van der Waals surface area contributed by atoms with Gasteiger partial charge in [-0.2, -0.15) is 0 Å². The quantitative estimate of drug-likeness (QED) is 0.468. The second-order valence-electron chi connectivity index (χ2n) is 7.86. The smallest absolute Gasteiger partial charge is 0.261 e. The number of nitrogens with one attached hydrogen (secondary N) is 3. The molecule has 0 spiro atoms. The fraction of sp³-hybridized carbons (Fsp3) is 0.364. The molecule has 3 N–H and O–H groups in total. The van der Waals surface area contributed by atoms with Gasteiger partial charge in [-0.05, 0) is 75.7 Å². The first kappa shape index (κ1) is 23.1. The van der Waals surface area contributed by atoms with Crippen LogP contribution >= 0.6 is 11.6 Å². The highest BCUT2D eigenvalue weighted by molar-refractivity contribution is 7.94. The first-order valence-corrected chi connectivity index (χ1v) is 14.0. The van der Waals surface area contributed by atoms with E-state index in [9.17, 15) is 12.6 Å². The number of rotatable bonds is 6. The van der Waals surface area contributed by atoms with E-state index in [1.807, 2.05) is 19.9 Å². The van der Waals surface area contributed by atoms with Gasteiger partial charge in [0.15, 0.2) is 0 Å². The van der Waals surface area contributed by atoms with Crippen LogP contribution < -0.4 is 10.0 Å². The molecule has 7 nitrogen and oxygen atoms in total. The van der Waals surface area contributed by atoms with Gasteiger partial charge in [0.25, 0.3) is 10.0 Å². The summed E-state index contributed by atoms with van der Waals surface area (Å²) in [4.78, 5) is 3.71. The monoisotopic (exact) mass is 494 g/mol. The lowest BCUT2D eigenvalue weighted by Gasteiger charge is -2.26. The molecule has 0 amide bonds. The van der Waals surface area contributed by atoms with Crippen molar-refractivity contribution in [3.8, 4) is 0 Å². The molecule has 1 fully saturated rings. The Morgan fingerprint density at radius 1 is 1.06 bits per heavy atom. The number of nitrogens with zero attached hydrogens (tertiary/aromatic N) is 1. The van der Waals surface area contributed by atoms with Crippen molar-refractivity contribution in [2.24, 2.45) is 4.36 Å². The molecule has 1 aliphatic heterocycles. The van der Waals surface area contributed by atoms with Gasteiger partial charge in [-0.1, -0.05) is 17.7 Å². The minimum atomic E-state index is -3.85. The second kappa shape index (κ2) is 9.05. The SMILES string of the molecule is CCN=S(=O)(c1ccc(S(=O)(=O)Nc2ccc(C)c3c(Cl)c[nH]c23)cc1)C1CCNCC1. The number of aromatic nitrogens is 1. The van der Waals surface area contributed by atoms with Crippen LogP contribution in [0.3, 0.4) is 0 Å². The first-order chi connectivity index (χ1) is 15.3. The zero-order valence-corrected chi connectivity index (χ0v) is 20.4. The Labute approximate surface area is 194 Å². The van der Waals surface area contributed by atoms with E-state index in [4.69, 9.17) is 11.6 Å². The molecule has 3 aromatic rings. The molecule has 0 saturated carbocycles. The van der Waals surface area contributed by atoms with Crippen LogP contribution in [0.1, 0.15) is 25.3 Å². The third-order valence-electron chi connectivity index (χ3n) is 5.77. The molecule has 1 aromatic heterocycles. The number of aryl methyl sites for hydroxylation is 1. The molecule has 4 rings (SSSR count). The molecule has 2 aromatic carbocycles. The molecular formula is C22H27ClN4O3S2. The van der Waals surface area contributed by atoms with E-state index in [1.54, 1.807) is 24.4 Å². The lowest BCUT2D eigenvalue weighted by Crippen LogP contribution is -2.35. The van der Waals surface area contributed by atoms with Gasteiger partial charge in [-0.3, -0.25) is 4.72 Å². The summed E-state index contributed by atoms with van der Waals surface area (Å²) in [6.45, 7) is 5.86. The van der Waals surface area contributed by atoms with E-state index in [0.29, 0.717) is 27.7 Å². The van der Waals surface area contributed by atoms with E-state index in [2.05, 4.69) is 19.4 Å². The second-order valence-corrected chi connectivity index (χ2v) is 12.5. The molecule has 2 heterocycles. The average Bonchev–Trinajstić information content (AvgIpc) is 3.19. The van der Waals surface area contributed by atoms with Gasteiger partial charge in [0.05, 0.1) is 30.9 Å². The number of benzene rings is 2. The Morgan fingerprint density at radius 3 is 2.38 bits per heavy atom. The van der Waals surface area contributed by atoms with Gasteiger partial charge in [-0.25, -0.2) is 17.0 Å². The Morgan fingerprint density at radius 2 is 1.72 bits per heavy atom. The summed E-state index contributed by atoms with van der Waals surface area (Å²) in [6, 6.07) is 9.79. The summed E-state index contributed by atoms with van der Waals surface area (Å²) in [5.74, 6) is 0. The van der Waals surface area contributed by atoms with Gasteiger partial charge >= 0.3 is 0 Å². The maximum atomic E-state index is 13.8. The fourth-order valence-electron chi connectivity index (χ4n) is 4.15. The highest BCUT2D eigenvalue weighted by Crippen LogP contribution is 2.33. The van der Waals surface area contributed by atoms with Gasteiger partial charge < -0.3 is 10.3 Å². The standard InChI is InChI=1S/C22H27ClN4O3S2/c1-3-26-31(28,17-10-12-24-13-11-17)16-5-7-18(8-6-16)32(29,30)27-20-9-4-15(2)21-19(23)14-25-22(20)21/h4-9,14,17,24-25,27H,3,10-13H2,1-2H3. The summed E-state index contributed by atoms with van der Waals surface area (Å²) >= 11 is 6.24. The molecule has 1 saturated heterocycles. The molecule has 172 valence electrons.